The van der Waals surface area contributed by atoms with E-state index in [-0.39, 0.29) is 16.8 Å². The smallest absolute Gasteiger partial charge is 0.179 e. The highest BCUT2D eigenvalue weighted by Crippen LogP contribution is 2.41. The number of benzene rings is 6. The molecule has 3 nitrogen and oxygen atoms in total. The van der Waals surface area contributed by atoms with Gasteiger partial charge < -0.3 is 4.42 Å². The summed E-state index contributed by atoms with van der Waals surface area (Å²) in [5.41, 5.74) is 3.04. The Bertz CT molecular complexity index is 2590. The molecule has 0 aliphatic carbocycles. The molecule has 0 spiro atoms. The van der Waals surface area contributed by atoms with Gasteiger partial charge in [0, 0.05) is 36.3 Å². The van der Waals surface area contributed by atoms with Crippen LogP contribution in [0.1, 0.15) is 24.9 Å². The molecule has 0 aliphatic heterocycles. The minimum Gasteiger partial charge on any atom is -0.455 e. The van der Waals surface area contributed by atoms with Gasteiger partial charge in [-0.05, 0) is 75.4 Å². The summed E-state index contributed by atoms with van der Waals surface area (Å²) in [5, 5.41) is 16.9. The van der Waals surface area contributed by atoms with E-state index in [1.54, 1.807) is 12.1 Å². The Hall–Kier alpha value is -6.02. The van der Waals surface area contributed by atoms with E-state index < -0.39 is 21.8 Å². The molecule has 2 heterocycles. The Balaban J connectivity index is 1.33. The van der Waals surface area contributed by atoms with Crippen molar-refractivity contribution in [3.8, 4) is 28.5 Å². The van der Waals surface area contributed by atoms with Crippen LogP contribution < -0.4 is 20.7 Å². The Labute approximate surface area is 289 Å². The van der Waals surface area contributed by atoms with Gasteiger partial charge in [-0.3, -0.25) is 4.98 Å². The Morgan fingerprint density at radius 2 is 1.19 bits per heavy atom. The van der Waals surface area contributed by atoms with Crippen LogP contribution in [0.3, 0.4) is 0 Å². The highest BCUT2D eigenvalue weighted by Gasteiger charge is 2.41. The molecule has 0 atom stereocenters. The molecule has 2 aromatic heterocycles. The van der Waals surface area contributed by atoms with Gasteiger partial charge in [0.1, 0.15) is 11.2 Å². The SMILES string of the molecule is [2H]C([2H])([2H])c1cnc(-c2cccc3c2oc2c(-c4ccc([Si](c5ccccc5)(c5ccccc5)c5ccccc5)cc4)c(C#N)ccc23)cc1C([2H])([2H])[2H]. The fraction of sp³-hybridized carbons (Fsp3) is 0.0455. The number of pyridine rings is 1. The number of furan rings is 1. The lowest BCUT2D eigenvalue weighted by Crippen LogP contribution is -2.74. The van der Waals surface area contributed by atoms with Crippen LogP contribution >= 0.6 is 0 Å². The zero-order valence-electron chi connectivity index (χ0n) is 31.8. The zero-order valence-corrected chi connectivity index (χ0v) is 26.8. The third kappa shape index (κ3) is 4.68. The molecular formula is C44H32N2OSi. The van der Waals surface area contributed by atoms with E-state index in [4.69, 9.17) is 12.6 Å². The molecule has 0 aliphatic rings. The standard InChI is InChI=1S/C44H32N2OSi/c1-30-27-41(46-29-31(30)2)40-20-12-19-38-39-26-23-33(28-45)42(44(39)47-43(38)40)32-21-24-37(25-22-32)48(34-13-6-3-7-14-34,35-15-8-4-9-16-35)36-17-10-5-11-18-36/h3-27,29H,1-2H3/i1D3,2D3. The maximum atomic E-state index is 10.4. The lowest BCUT2D eigenvalue weighted by atomic mass is 9.97. The summed E-state index contributed by atoms with van der Waals surface area (Å²) < 4.78 is 54.6. The van der Waals surface area contributed by atoms with Gasteiger partial charge in [-0.2, -0.15) is 5.26 Å². The second-order valence-corrected chi connectivity index (χ2v) is 15.6. The number of hydrogen-bond acceptors (Lipinski definition) is 3. The third-order valence-corrected chi connectivity index (χ3v) is 14.0. The molecule has 0 bridgehead atoms. The van der Waals surface area contributed by atoms with Crippen LogP contribution in [-0.2, 0) is 0 Å². The summed E-state index contributed by atoms with van der Waals surface area (Å²) in [7, 11) is -2.78. The van der Waals surface area contributed by atoms with Crippen molar-refractivity contribution >= 4 is 50.8 Å². The molecule has 0 fully saturated rings. The van der Waals surface area contributed by atoms with E-state index in [0.29, 0.717) is 27.9 Å². The quantitative estimate of drug-likeness (QED) is 0.136. The molecule has 0 N–H and O–H groups in total. The number of hydrogen-bond donors (Lipinski definition) is 0. The van der Waals surface area contributed by atoms with Gasteiger partial charge in [0.2, 0.25) is 0 Å². The van der Waals surface area contributed by atoms with Gasteiger partial charge in [0.15, 0.2) is 8.07 Å². The average Bonchev–Trinajstić information content (AvgIpc) is 3.57. The van der Waals surface area contributed by atoms with Crippen LogP contribution in [0.5, 0.6) is 0 Å². The van der Waals surface area contributed by atoms with Crippen LogP contribution in [0.25, 0.3) is 44.3 Å². The van der Waals surface area contributed by atoms with E-state index in [0.717, 1.165) is 22.5 Å². The number of para-hydroxylation sites is 1. The highest BCUT2D eigenvalue weighted by molar-refractivity contribution is 7.19. The topological polar surface area (TPSA) is 49.8 Å². The van der Waals surface area contributed by atoms with E-state index in [1.807, 2.05) is 36.4 Å². The van der Waals surface area contributed by atoms with Crippen molar-refractivity contribution in [2.45, 2.75) is 13.7 Å². The van der Waals surface area contributed by atoms with E-state index in [1.165, 1.54) is 26.8 Å². The second kappa shape index (κ2) is 12.0. The lowest BCUT2D eigenvalue weighted by Gasteiger charge is -2.34. The summed E-state index contributed by atoms with van der Waals surface area (Å²) >= 11 is 0. The van der Waals surface area contributed by atoms with E-state index in [9.17, 15) is 5.26 Å². The average molecular weight is 639 g/mol. The largest absolute Gasteiger partial charge is 0.455 e. The fourth-order valence-corrected chi connectivity index (χ4v) is 11.7. The number of aryl methyl sites for hydroxylation is 2. The van der Waals surface area contributed by atoms with Crippen molar-refractivity contribution in [3.63, 3.8) is 0 Å². The first-order valence-corrected chi connectivity index (χ1v) is 17.7. The summed E-state index contributed by atoms with van der Waals surface area (Å²) in [4.78, 5) is 4.41. The Morgan fingerprint density at radius 3 is 1.77 bits per heavy atom. The number of nitriles is 1. The molecule has 4 heteroatoms. The first-order chi connectivity index (χ1) is 26.0. The summed E-state index contributed by atoms with van der Waals surface area (Å²) in [6, 6.07) is 53.3. The Kier molecular flexibility index (Phi) is 5.81. The summed E-state index contributed by atoms with van der Waals surface area (Å²) in [6.07, 6.45) is 1.12. The molecule has 0 saturated carbocycles. The molecule has 8 rings (SSSR count). The normalized spacial score (nSPS) is 13.9. The van der Waals surface area contributed by atoms with E-state index >= 15 is 0 Å². The van der Waals surface area contributed by atoms with Crippen LogP contribution in [0.2, 0.25) is 0 Å². The van der Waals surface area contributed by atoms with Gasteiger partial charge in [-0.15, -0.1) is 0 Å². The van der Waals surface area contributed by atoms with Crippen LogP contribution in [0.4, 0.5) is 0 Å². The van der Waals surface area contributed by atoms with Crippen molar-refractivity contribution in [2.24, 2.45) is 0 Å². The molecule has 48 heavy (non-hydrogen) atoms. The number of aromatic nitrogens is 1. The van der Waals surface area contributed by atoms with Gasteiger partial charge >= 0.3 is 0 Å². The van der Waals surface area contributed by atoms with Gasteiger partial charge in [-0.1, -0.05) is 127 Å². The number of fused-ring (bicyclic) bond motifs is 3. The predicted octanol–water partition coefficient (Wildman–Crippen LogP) is 8.18. The molecule has 0 saturated heterocycles. The van der Waals surface area contributed by atoms with Crippen molar-refractivity contribution in [1.29, 1.82) is 5.26 Å². The molecule has 8 aromatic rings. The molecular weight excluding hydrogens is 601 g/mol. The lowest BCUT2D eigenvalue weighted by molar-refractivity contribution is 0.670. The zero-order chi connectivity index (χ0) is 37.7. The Morgan fingerprint density at radius 1 is 0.604 bits per heavy atom. The van der Waals surface area contributed by atoms with Gasteiger partial charge in [0.25, 0.3) is 0 Å². The van der Waals surface area contributed by atoms with Crippen molar-refractivity contribution in [2.75, 3.05) is 0 Å². The summed E-state index contributed by atoms with van der Waals surface area (Å²) in [5.74, 6) is 0. The molecule has 0 amide bonds. The first kappa shape index (κ1) is 23.3. The van der Waals surface area contributed by atoms with Crippen LogP contribution in [-0.4, -0.2) is 13.1 Å². The number of nitrogens with zero attached hydrogens (tertiary/aromatic N) is 2. The first-order valence-electron chi connectivity index (χ1n) is 18.7. The molecule has 0 unspecified atom stereocenters. The minimum absolute atomic E-state index is 0.272. The molecule has 6 aromatic carbocycles. The number of rotatable bonds is 6. The molecule has 0 radical (unpaired) electrons. The maximum absolute atomic E-state index is 10.4. The minimum atomic E-state index is -2.78. The van der Waals surface area contributed by atoms with Crippen molar-refractivity contribution in [1.82, 2.24) is 4.98 Å². The van der Waals surface area contributed by atoms with Crippen molar-refractivity contribution < 1.29 is 12.6 Å². The van der Waals surface area contributed by atoms with E-state index in [2.05, 4.69) is 108 Å². The van der Waals surface area contributed by atoms with Crippen LogP contribution in [0.15, 0.2) is 162 Å². The maximum Gasteiger partial charge on any atom is 0.179 e. The molecule has 228 valence electrons. The van der Waals surface area contributed by atoms with Crippen molar-refractivity contribution in [3.05, 3.63) is 175 Å². The van der Waals surface area contributed by atoms with Gasteiger partial charge in [0.05, 0.1) is 17.3 Å². The monoisotopic (exact) mass is 638 g/mol. The fourth-order valence-electron chi connectivity index (χ4n) is 7.00. The third-order valence-electron chi connectivity index (χ3n) is 9.19. The van der Waals surface area contributed by atoms with Crippen LogP contribution in [0, 0.1) is 25.0 Å². The summed E-state index contributed by atoms with van der Waals surface area (Å²) in [6.45, 7) is -5.32. The predicted molar refractivity (Wildman–Crippen MR) is 200 cm³/mol. The highest BCUT2D eigenvalue weighted by atomic mass is 28.3. The van der Waals surface area contributed by atoms with Gasteiger partial charge in [-0.25, -0.2) is 0 Å². The second-order valence-electron chi connectivity index (χ2n) is 11.8.